The van der Waals surface area contributed by atoms with E-state index in [0.29, 0.717) is 11.5 Å². The molecule has 1 N–H and O–H groups in total. The smallest absolute Gasteiger partial charge is 0.229 e. The molecule has 1 aromatic heterocycles. The average molecular weight is 341 g/mol. The van der Waals surface area contributed by atoms with E-state index in [1.54, 1.807) is 18.6 Å². The molecule has 0 spiro atoms. The number of phenols is 1. The first kappa shape index (κ1) is 18.9. The van der Waals surface area contributed by atoms with Crippen LogP contribution in [0.1, 0.15) is 59.6 Å². The van der Waals surface area contributed by atoms with Crippen LogP contribution < -0.4 is 4.90 Å². The number of hydrogen-bond donors (Lipinski definition) is 1. The molecule has 134 valence electrons. The van der Waals surface area contributed by atoms with Crippen molar-refractivity contribution in [1.29, 1.82) is 0 Å². The van der Waals surface area contributed by atoms with Gasteiger partial charge >= 0.3 is 0 Å². The van der Waals surface area contributed by atoms with Gasteiger partial charge in [0.2, 0.25) is 5.91 Å². The molecule has 0 fully saturated rings. The van der Waals surface area contributed by atoms with E-state index in [4.69, 9.17) is 0 Å². The quantitative estimate of drug-likeness (QED) is 0.875. The topological polar surface area (TPSA) is 66.3 Å². The summed E-state index contributed by atoms with van der Waals surface area (Å²) in [5, 5.41) is 10.8. The fraction of sp³-hybridized carbons (Fsp3) is 0.450. The van der Waals surface area contributed by atoms with Crippen molar-refractivity contribution in [2.75, 3.05) is 4.90 Å². The van der Waals surface area contributed by atoms with Crippen molar-refractivity contribution in [2.45, 2.75) is 59.3 Å². The first-order valence-electron chi connectivity index (χ1n) is 8.37. The van der Waals surface area contributed by atoms with Gasteiger partial charge in [-0.1, -0.05) is 41.5 Å². The Balaban J connectivity index is 2.78. The van der Waals surface area contributed by atoms with Gasteiger partial charge in [-0.2, -0.15) is 0 Å². The molecule has 1 amide bonds. The number of phenolic OH excluding ortho intramolecular Hbond substituents is 1. The molecule has 1 aromatic carbocycles. The van der Waals surface area contributed by atoms with E-state index in [9.17, 15) is 9.90 Å². The molecule has 0 bridgehead atoms. The lowest BCUT2D eigenvalue weighted by Gasteiger charge is -2.30. The second kappa shape index (κ2) is 6.47. The SMILES string of the molecule is CC(=O)N(c1cc(C(C)(C)C)c(O)c(C(C)(C)C)c1)c1cnccn1. The Morgan fingerprint density at radius 2 is 1.52 bits per heavy atom. The van der Waals surface area contributed by atoms with E-state index >= 15 is 0 Å². The van der Waals surface area contributed by atoms with Crippen LogP contribution in [0.25, 0.3) is 0 Å². The molecule has 0 unspecified atom stereocenters. The first-order valence-corrected chi connectivity index (χ1v) is 8.37. The summed E-state index contributed by atoms with van der Waals surface area (Å²) in [7, 11) is 0. The lowest BCUT2D eigenvalue weighted by molar-refractivity contribution is -0.115. The second-order valence-electron chi connectivity index (χ2n) is 8.31. The van der Waals surface area contributed by atoms with E-state index in [-0.39, 0.29) is 22.5 Å². The van der Waals surface area contributed by atoms with Crippen molar-refractivity contribution >= 4 is 17.4 Å². The van der Waals surface area contributed by atoms with Gasteiger partial charge in [-0.05, 0) is 23.0 Å². The zero-order valence-electron chi connectivity index (χ0n) is 16.1. The van der Waals surface area contributed by atoms with Crippen molar-refractivity contribution in [2.24, 2.45) is 0 Å². The highest BCUT2D eigenvalue weighted by Crippen LogP contribution is 2.42. The summed E-state index contributed by atoms with van der Waals surface area (Å²) in [6, 6.07) is 3.72. The molecule has 25 heavy (non-hydrogen) atoms. The fourth-order valence-electron chi connectivity index (χ4n) is 2.77. The third kappa shape index (κ3) is 3.98. The maximum atomic E-state index is 12.3. The van der Waals surface area contributed by atoms with Gasteiger partial charge in [-0.25, -0.2) is 4.98 Å². The molecular formula is C20H27N3O2. The monoisotopic (exact) mass is 341 g/mol. The molecular weight excluding hydrogens is 314 g/mol. The second-order valence-corrected chi connectivity index (χ2v) is 8.31. The number of rotatable bonds is 2. The van der Waals surface area contributed by atoms with Crippen LogP contribution in [0.4, 0.5) is 11.5 Å². The number of anilines is 2. The van der Waals surface area contributed by atoms with Gasteiger partial charge in [-0.3, -0.25) is 14.7 Å². The molecule has 0 saturated carbocycles. The number of aromatic nitrogens is 2. The summed E-state index contributed by atoms with van der Waals surface area (Å²) in [5.74, 6) is 0.581. The van der Waals surface area contributed by atoms with Gasteiger partial charge in [0.25, 0.3) is 0 Å². The molecule has 0 saturated heterocycles. The summed E-state index contributed by atoms with van der Waals surface area (Å²) in [5.41, 5.74) is 1.73. The maximum absolute atomic E-state index is 12.3. The fourth-order valence-corrected chi connectivity index (χ4v) is 2.77. The number of hydrogen-bond acceptors (Lipinski definition) is 4. The van der Waals surface area contributed by atoms with Crippen LogP contribution >= 0.6 is 0 Å². The zero-order chi connectivity index (χ0) is 19.0. The standard InChI is InChI=1S/C20H27N3O2/c1-13(24)23(17-12-21-8-9-22-17)14-10-15(19(2,3)4)18(25)16(11-14)20(5,6)7/h8-12,25H,1-7H3. The highest BCUT2D eigenvalue weighted by atomic mass is 16.3. The number of amides is 1. The summed E-state index contributed by atoms with van der Waals surface area (Å²) in [6.45, 7) is 13.7. The minimum absolute atomic E-state index is 0.161. The molecule has 0 aliphatic carbocycles. The van der Waals surface area contributed by atoms with Crippen LogP contribution in [0.3, 0.4) is 0 Å². The Bertz CT molecular complexity index is 737. The number of benzene rings is 1. The molecule has 2 rings (SSSR count). The first-order chi connectivity index (χ1) is 11.4. The van der Waals surface area contributed by atoms with Crippen molar-refractivity contribution in [3.8, 4) is 5.75 Å². The van der Waals surface area contributed by atoms with Crippen molar-refractivity contribution < 1.29 is 9.90 Å². The van der Waals surface area contributed by atoms with Crippen molar-refractivity contribution in [3.63, 3.8) is 0 Å². The molecule has 5 nitrogen and oxygen atoms in total. The van der Waals surface area contributed by atoms with Crippen LogP contribution in [0.2, 0.25) is 0 Å². The molecule has 0 radical (unpaired) electrons. The molecule has 2 aromatic rings. The third-order valence-corrected chi connectivity index (χ3v) is 4.06. The summed E-state index contributed by atoms with van der Waals surface area (Å²) >= 11 is 0. The van der Waals surface area contributed by atoms with Crippen LogP contribution in [0, 0.1) is 0 Å². The Morgan fingerprint density at radius 1 is 1.00 bits per heavy atom. The Morgan fingerprint density at radius 3 is 1.88 bits per heavy atom. The van der Waals surface area contributed by atoms with E-state index in [2.05, 4.69) is 9.97 Å². The van der Waals surface area contributed by atoms with Crippen LogP contribution in [0.15, 0.2) is 30.7 Å². The molecule has 0 aliphatic heterocycles. The Hall–Kier alpha value is -2.43. The number of aromatic hydroxyl groups is 1. The third-order valence-electron chi connectivity index (χ3n) is 4.06. The van der Waals surface area contributed by atoms with E-state index in [1.165, 1.54) is 11.8 Å². The molecule has 0 atom stereocenters. The van der Waals surface area contributed by atoms with Gasteiger partial charge in [0.15, 0.2) is 5.82 Å². The number of carbonyl (C=O) groups is 1. The normalized spacial score (nSPS) is 12.1. The lowest BCUT2D eigenvalue weighted by Crippen LogP contribution is -2.26. The molecule has 0 aliphatic rings. The van der Waals surface area contributed by atoms with Gasteiger partial charge in [0, 0.05) is 30.4 Å². The number of nitrogens with zero attached hydrogens (tertiary/aromatic N) is 3. The van der Waals surface area contributed by atoms with Crippen LogP contribution in [-0.4, -0.2) is 21.0 Å². The minimum atomic E-state index is -0.273. The number of carbonyl (C=O) groups excluding carboxylic acids is 1. The van der Waals surface area contributed by atoms with Gasteiger partial charge in [0.1, 0.15) is 5.75 Å². The predicted octanol–water partition coefficient (Wildman–Crippen LogP) is 4.46. The highest BCUT2D eigenvalue weighted by molar-refractivity contribution is 5.98. The Labute approximate surface area is 149 Å². The van der Waals surface area contributed by atoms with Gasteiger partial charge in [0.05, 0.1) is 11.9 Å². The largest absolute Gasteiger partial charge is 0.507 e. The summed E-state index contributed by atoms with van der Waals surface area (Å²) in [4.78, 5) is 22.2. The summed E-state index contributed by atoms with van der Waals surface area (Å²) < 4.78 is 0. The van der Waals surface area contributed by atoms with Crippen molar-refractivity contribution in [3.05, 3.63) is 41.9 Å². The molecule has 5 heteroatoms. The van der Waals surface area contributed by atoms with Gasteiger partial charge < -0.3 is 5.11 Å². The average Bonchev–Trinajstić information content (AvgIpc) is 2.47. The molecule has 1 heterocycles. The van der Waals surface area contributed by atoms with E-state index in [0.717, 1.165) is 11.1 Å². The lowest BCUT2D eigenvalue weighted by atomic mass is 9.79. The van der Waals surface area contributed by atoms with Crippen LogP contribution in [0.5, 0.6) is 5.75 Å². The van der Waals surface area contributed by atoms with Crippen molar-refractivity contribution in [1.82, 2.24) is 9.97 Å². The van der Waals surface area contributed by atoms with E-state index in [1.807, 2.05) is 53.7 Å². The zero-order valence-corrected chi connectivity index (χ0v) is 16.1. The van der Waals surface area contributed by atoms with E-state index < -0.39 is 0 Å². The Kier molecular flexibility index (Phi) is 4.89. The summed E-state index contributed by atoms with van der Waals surface area (Å²) in [6.07, 6.45) is 4.68. The van der Waals surface area contributed by atoms with Crippen LogP contribution in [-0.2, 0) is 15.6 Å². The minimum Gasteiger partial charge on any atom is -0.507 e. The predicted molar refractivity (Wildman–Crippen MR) is 100 cm³/mol. The highest BCUT2D eigenvalue weighted by Gasteiger charge is 2.29. The maximum Gasteiger partial charge on any atom is 0.229 e. The van der Waals surface area contributed by atoms with Gasteiger partial charge in [-0.15, -0.1) is 0 Å².